The fraction of sp³-hybridized carbons (Fsp3) is 0.625. The lowest BCUT2D eigenvalue weighted by Gasteiger charge is -2.35. The van der Waals surface area contributed by atoms with Gasteiger partial charge in [-0.15, -0.1) is 11.3 Å². The highest BCUT2D eigenvalue weighted by molar-refractivity contribution is 7.11. The molecule has 0 aliphatic carbocycles. The van der Waals surface area contributed by atoms with Crippen LogP contribution in [0.3, 0.4) is 0 Å². The molecule has 1 aliphatic rings. The van der Waals surface area contributed by atoms with Crippen LogP contribution >= 0.6 is 11.3 Å². The second kappa shape index (κ2) is 7.63. The molecular weight excluding hydrogens is 298 g/mol. The van der Waals surface area contributed by atoms with Gasteiger partial charge in [-0.05, 0) is 52.2 Å². The summed E-state index contributed by atoms with van der Waals surface area (Å²) in [6, 6.07) is 3.51. The molecule has 5 nitrogen and oxygen atoms in total. The SMILES string of the molecule is Cc1ccc(CNC(=O)NC(C)C(=O)N2CCCCC2C)s1. The fourth-order valence-electron chi connectivity index (χ4n) is 2.73. The van der Waals surface area contributed by atoms with E-state index in [0.717, 1.165) is 24.3 Å². The molecule has 2 N–H and O–H groups in total. The number of urea groups is 1. The molecule has 6 heteroatoms. The maximum absolute atomic E-state index is 12.4. The van der Waals surface area contributed by atoms with E-state index in [1.807, 2.05) is 24.0 Å². The number of amides is 3. The van der Waals surface area contributed by atoms with Gasteiger partial charge < -0.3 is 15.5 Å². The van der Waals surface area contributed by atoms with Gasteiger partial charge in [0.1, 0.15) is 6.04 Å². The number of hydrogen-bond donors (Lipinski definition) is 2. The zero-order chi connectivity index (χ0) is 16.1. The van der Waals surface area contributed by atoms with E-state index < -0.39 is 6.04 Å². The van der Waals surface area contributed by atoms with Gasteiger partial charge >= 0.3 is 6.03 Å². The third kappa shape index (κ3) is 4.47. The second-order valence-electron chi connectivity index (χ2n) is 5.94. The minimum Gasteiger partial charge on any atom is -0.338 e. The Kier molecular flexibility index (Phi) is 5.83. The molecule has 0 spiro atoms. The molecule has 2 heterocycles. The van der Waals surface area contributed by atoms with Crippen LogP contribution < -0.4 is 10.6 Å². The summed E-state index contributed by atoms with van der Waals surface area (Å²) in [4.78, 5) is 28.5. The molecule has 22 heavy (non-hydrogen) atoms. The number of piperidine rings is 1. The zero-order valence-corrected chi connectivity index (χ0v) is 14.3. The Morgan fingerprint density at radius 1 is 1.41 bits per heavy atom. The molecule has 0 bridgehead atoms. The van der Waals surface area contributed by atoms with E-state index in [-0.39, 0.29) is 18.0 Å². The Hall–Kier alpha value is -1.56. The molecule has 2 unspecified atom stereocenters. The van der Waals surface area contributed by atoms with Crippen LogP contribution in [0, 0.1) is 6.92 Å². The average Bonchev–Trinajstić information content (AvgIpc) is 2.90. The van der Waals surface area contributed by atoms with E-state index in [0.29, 0.717) is 6.54 Å². The molecule has 0 saturated carbocycles. The van der Waals surface area contributed by atoms with Crippen molar-refractivity contribution in [2.24, 2.45) is 0 Å². The number of carbonyl (C=O) groups is 2. The van der Waals surface area contributed by atoms with Crippen molar-refractivity contribution < 1.29 is 9.59 Å². The van der Waals surface area contributed by atoms with Crippen LogP contribution in [0.5, 0.6) is 0 Å². The smallest absolute Gasteiger partial charge is 0.315 e. The molecular formula is C16H25N3O2S. The van der Waals surface area contributed by atoms with Crippen molar-refractivity contribution in [1.82, 2.24) is 15.5 Å². The molecule has 1 aromatic heterocycles. The Labute approximate surface area is 136 Å². The van der Waals surface area contributed by atoms with Crippen LogP contribution in [-0.2, 0) is 11.3 Å². The van der Waals surface area contributed by atoms with Gasteiger partial charge in [0.25, 0.3) is 0 Å². The summed E-state index contributed by atoms with van der Waals surface area (Å²) >= 11 is 1.66. The van der Waals surface area contributed by atoms with Crippen LogP contribution in [-0.4, -0.2) is 35.5 Å². The Balaban J connectivity index is 1.78. The van der Waals surface area contributed by atoms with Crippen molar-refractivity contribution in [3.05, 3.63) is 21.9 Å². The molecule has 0 aromatic carbocycles. The number of rotatable bonds is 4. The largest absolute Gasteiger partial charge is 0.338 e. The Morgan fingerprint density at radius 3 is 2.82 bits per heavy atom. The van der Waals surface area contributed by atoms with Gasteiger partial charge in [-0.1, -0.05) is 0 Å². The summed E-state index contributed by atoms with van der Waals surface area (Å²) in [6.07, 6.45) is 3.27. The van der Waals surface area contributed by atoms with E-state index in [2.05, 4.69) is 17.6 Å². The van der Waals surface area contributed by atoms with Gasteiger partial charge in [0.2, 0.25) is 5.91 Å². The van der Waals surface area contributed by atoms with Crippen molar-refractivity contribution in [1.29, 1.82) is 0 Å². The van der Waals surface area contributed by atoms with Crippen LogP contribution in [0.1, 0.15) is 42.9 Å². The monoisotopic (exact) mass is 323 g/mol. The summed E-state index contributed by atoms with van der Waals surface area (Å²) in [5.74, 6) is 0.00863. The van der Waals surface area contributed by atoms with Crippen molar-refractivity contribution in [2.75, 3.05) is 6.54 Å². The molecule has 1 aromatic rings. The van der Waals surface area contributed by atoms with E-state index in [4.69, 9.17) is 0 Å². The first kappa shape index (κ1) is 16.8. The van der Waals surface area contributed by atoms with E-state index in [9.17, 15) is 9.59 Å². The third-order valence-corrected chi connectivity index (χ3v) is 5.02. The van der Waals surface area contributed by atoms with Crippen LogP contribution in [0.15, 0.2) is 12.1 Å². The number of nitrogens with one attached hydrogen (secondary N) is 2. The number of carbonyl (C=O) groups excluding carboxylic acids is 2. The molecule has 3 amide bonds. The number of thiophene rings is 1. The maximum atomic E-state index is 12.4. The van der Waals surface area contributed by atoms with E-state index >= 15 is 0 Å². The number of hydrogen-bond acceptors (Lipinski definition) is 3. The summed E-state index contributed by atoms with van der Waals surface area (Å²) in [6.45, 7) is 7.14. The van der Waals surface area contributed by atoms with Crippen molar-refractivity contribution in [3.63, 3.8) is 0 Å². The minimum absolute atomic E-state index is 0.00863. The summed E-state index contributed by atoms with van der Waals surface area (Å²) in [5.41, 5.74) is 0. The quantitative estimate of drug-likeness (QED) is 0.895. The summed E-state index contributed by atoms with van der Waals surface area (Å²) < 4.78 is 0. The third-order valence-electron chi connectivity index (χ3n) is 4.02. The molecule has 2 atom stereocenters. The predicted molar refractivity (Wildman–Crippen MR) is 88.9 cm³/mol. The standard InChI is InChI=1S/C16H25N3O2S/c1-11-6-4-5-9-19(11)15(20)13(3)18-16(21)17-10-14-8-7-12(2)22-14/h7-8,11,13H,4-6,9-10H2,1-3H3,(H2,17,18,21). The molecule has 0 radical (unpaired) electrons. The van der Waals surface area contributed by atoms with Crippen molar-refractivity contribution in [2.45, 2.75) is 58.7 Å². The maximum Gasteiger partial charge on any atom is 0.315 e. The number of nitrogens with zero attached hydrogens (tertiary/aromatic N) is 1. The van der Waals surface area contributed by atoms with Gasteiger partial charge in [-0.2, -0.15) is 0 Å². The van der Waals surface area contributed by atoms with Crippen LogP contribution in [0.2, 0.25) is 0 Å². The first-order chi connectivity index (χ1) is 10.5. The predicted octanol–water partition coefficient (Wildman–Crippen LogP) is 2.65. The van der Waals surface area contributed by atoms with Gasteiger partial charge in [-0.25, -0.2) is 4.79 Å². The lowest BCUT2D eigenvalue weighted by atomic mass is 10.0. The average molecular weight is 323 g/mol. The second-order valence-corrected chi connectivity index (χ2v) is 7.31. The van der Waals surface area contributed by atoms with Gasteiger partial charge in [-0.3, -0.25) is 4.79 Å². The highest BCUT2D eigenvalue weighted by Crippen LogP contribution is 2.17. The minimum atomic E-state index is -0.495. The molecule has 1 saturated heterocycles. The topological polar surface area (TPSA) is 61.4 Å². The first-order valence-electron chi connectivity index (χ1n) is 7.87. The highest BCUT2D eigenvalue weighted by atomic mass is 32.1. The summed E-state index contributed by atoms with van der Waals surface area (Å²) in [7, 11) is 0. The summed E-state index contributed by atoms with van der Waals surface area (Å²) in [5, 5.41) is 5.54. The van der Waals surface area contributed by atoms with Gasteiger partial charge in [0, 0.05) is 22.3 Å². The Bertz CT molecular complexity index is 529. The number of likely N-dealkylation sites (tertiary alicyclic amines) is 1. The number of aryl methyl sites for hydroxylation is 1. The van der Waals surface area contributed by atoms with Crippen molar-refractivity contribution in [3.8, 4) is 0 Å². The Morgan fingerprint density at radius 2 is 2.18 bits per heavy atom. The van der Waals surface area contributed by atoms with Crippen molar-refractivity contribution >= 4 is 23.3 Å². The highest BCUT2D eigenvalue weighted by Gasteiger charge is 2.27. The van der Waals surface area contributed by atoms with Gasteiger partial charge in [0.05, 0.1) is 6.54 Å². The zero-order valence-electron chi connectivity index (χ0n) is 13.5. The van der Waals surface area contributed by atoms with Crippen LogP contribution in [0.25, 0.3) is 0 Å². The molecule has 122 valence electrons. The normalized spacial score (nSPS) is 19.6. The van der Waals surface area contributed by atoms with Crippen LogP contribution in [0.4, 0.5) is 4.79 Å². The lowest BCUT2D eigenvalue weighted by Crippen LogP contribution is -2.53. The molecule has 1 aliphatic heterocycles. The fourth-order valence-corrected chi connectivity index (χ4v) is 3.56. The molecule has 1 fully saturated rings. The first-order valence-corrected chi connectivity index (χ1v) is 8.69. The lowest BCUT2D eigenvalue weighted by molar-refractivity contribution is -0.136. The van der Waals surface area contributed by atoms with E-state index in [1.54, 1.807) is 18.3 Å². The van der Waals surface area contributed by atoms with Gasteiger partial charge in [0.15, 0.2) is 0 Å². The molecule has 2 rings (SSSR count). The van der Waals surface area contributed by atoms with E-state index in [1.165, 1.54) is 11.3 Å².